The fraction of sp³-hybridized carbons (Fsp3) is 0.571. The number of fused-ring (bicyclic) bond motifs is 1. The Morgan fingerprint density at radius 3 is 2.79 bits per heavy atom. The first-order valence-corrected chi connectivity index (χ1v) is 10.1. The summed E-state index contributed by atoms with van der Waals surface area (Å²) >= 11 is 0. The monoisotopic (exact) mass is 384 g/mol. The van der Waals surface area contributed by atoms with Gasteiger partial charge < -0.3 is 19.1 Å². The van der Waals surface area contributed by atoms with Crippen molar-refractivity contribution in [3.8, 4) is 0 Å². The fourth-order valence-electron chi connectivity index (χ4n) is 4.74. The molecule has 0 radical (unpaired) electrons. The number of hydrogen-bond acceptors (Lipinski definition) is 4. The zero-order chi connectivity index (χ0) is 19.6. The standard InChI is InChI=1S/C21H28N4O3/c1-28-15-14-23-11-4-9-21(20(23)27)10-5-12-25(21)19(26)8-13-24-16-22-17-6-2-3-7-18(17)24/h2-3,6-7,16H,4-5,8-15H2,1H3. The van der Waals surface area contributed by atoms with Gasteiger partial charge in [0.1, 0.15) is 5.54 Å². The molecule has 2 saturated heterocycles. The Balaban J connectivity index is 1.46. The number of piperidine rings is 1. The zero-order valence-electron chi connectivity index (χ0n) is 16.5. The third kappa shape index (κ3) is 3.28. The van der Waals surface area contributed by atoms with Crippen LogP contribution in [-0.4, -0.2) is 70.1 Å². The van der Waals surface area contributed by atoms with Crippen LogP contribution in [0.15, 0.2) is 30.6 Å². The predicted octanol–water partition coefficient (Wildman–Crippen LogP) is 2.06. The molecule has 0 bridgehead atoms. The lowest BCUT2D eigenvalue weighted by Crippen LogP contribution is -2.61. The molecule has 28 heavy (non-hydrogen) atoms. The van der Waals surface area contributed by atoms with E-state index in [2.05, 4.69) is 4.98 Å². The largest absolute Gasteiger partial charge is 0.383 e. The van der Waals surface area contributed by atoms with Crippen LogP contribution in [0.4, 0.5) is 0 Å². The Morgan fingerprint density at radius 1 is 1.18 bits per heavy atom. The second kappa shape index (κ2) is 7.91. The van der Waals surface area contributed by atoms with Gasteiger partial charge in [-0.05, 0) is 37.8 Å². The van der Waals surface area contributed by atoms with Gasteiger partial charge in [0.25, 0.3) is 0 Å². The molecule has 1 atom stereocenters. The average molecular weight is 384 g/mol. The third-order valence-electron chi connectivity index (χ3n) is 6.15. The molecule has 0 N–H and O–H groups in total. The summed E-state index contributed by atoms with van der Waals surface area (Å²) in [5.41, 5.74) is 1.33. The van der Waals surface area contributed by atoms with E-state index in [1.807, 2.05) is 38.6 Å². The van der Waals surface area contributed by atoms with Gasteiger partial charge >= 0.3 is 0 Å². The van der Waals surface area contributed by atoms with Crippen LogP contribution in [0.3, 0.4) is 0 Å². The summed E-state index contributed by atoms with van der Waals surface area (Å²) in [6.45, 7) is 3.14. The highest BCUT2D eigenvalue weighted by Crippen LogP contribution is 2.38. The molecule has 7 heteroatoms. The van der Waals surface area contributed by atoms with Crippen LogP contribution in [0, 0.1) is 0 Å². The maximum absolute atomic E-state index is 13.2. The summed E-state index contributed by atoms with van der Waals surface area (Å²) in [7, 11) is 1.65. The molecule has 2 fully saturated rings. The molecule has 1 unspecified atom stereocenters. The number of nitrogens with zero attached hydrogens (tertiary/aromatic N) is 4. The van der Waals surface area contributed by atoms with E-state index in [9.17, 15) is 9.59 Å². The first-order chi connectivity index (χ1) is 13.7. The molecule has 1 aromatic heterocycles. The van der Waals surface area contributed by atoms with Crippen LogP contribution in [-0.2, 0) is 20.9 Å². The maximum atomic E-state index is 13.2. The first-order valence-electron chi connectivity index (χ1n) is 10.1. The topological polar surface area (TPSA) is 67.7 Å². The smallest absolute Gasteiger partial charge is 0.248 e. The lowest BCUT2D eigenvalue weighted by Gasteiger charge is -2.44. The highest BCUT2D eigenvalue weighted by Gasteiger charge is 2.52. The first kappa shape index (κ1) is 18.9. The van der Waals surface area contributed by atoms with Crippen molar-refractivity contribution in [2.24, 2.45) is 0 Å². The van der Waals surface area contributed by atoms with Crippen LogP contribution < -0.4 is 0 Å². The van der Waals surface area contributed by atoms with Crippen molar-refractivity contribution in [2.45, 2.75) is 44.2 Å². The van der Waals surface area contributed by atoms with E-state index in [1.54, 1.807) is 13.4 Å². The summed E-state index contributed by atoms with van der Waals surface area (Å²) in [6.07, 6.45) is 5.54. The van der Waals surface area contributed by atoms with Gasteiger partial charge in [0, 0.05) is 39.7 Å². The minimum Gasteiger partial charge on any atom is -0.383 e. The number of methoxy groups -OCH3 is 1. The third-order valence-corrected chi connectivity index (χ3v) is 6.15. The molecule has 2 aliphatic heterocycles. The number of rotatable bonds is 6. The van der Waals surface area contributed by atoms with Gasteiger partial charge in [0.15, 0.2) is 0 Å². The lowest BCUT2D eigenvalue weighted by atomic mass is 9.85. The maximum Gasteiger partial charge on any atom is 0.248 e. The normalized spacial score (nSPS) is 22.5. The van der Waals surface area contributed by atoms with Gasteiger partial charge in [-0.1, -0.05) is 12.1 Å². The van der Waals surface area contributed by atoms with Gasteiger partial charge in [0.05, 0.1) is 24.0 Å². The summed E-state index contributed by atoms with van der Waals surface area (Å²) in [5, 5.41) is 0. The van der Waals surface area contributed by atoms with Crippen molar-refractivity contribution in [3.63, 3.8) is 0 Å². The second-order valence-corrected chi connectivity index (χ2v) is 7.75. The van der Waals surface area contributed by atoms with Crippen molar-refractivity contribution in [3.05, 3.63) is 30.6 Å². The van der Waals surface area contributed by atoms with Crippen molar-refractivity contribution >= 4 is 22.8 Å². The number of benzene rings is 1. The zero-order valence-corrected chi connectivity index (χ0v) is 16.5. The molecule has 3 heterocycles. The summed E-state index contributed by atoms with van der Waals surface area (Å²) in [6, 6.07) is 7.93. The minimum atomic E-state index is -0.639. The number of hydrogen-bond donors (Lipinski definition) is 0. The molecule has 4 rings (SSSR count). The van der Waals surface area contributed by atoms with Gasteiger partial charge in [-0.2, -0.15) is 0 Å². The van der Waals surface area contributed by atoms with Crippen molar-refractivity contribution in [1.82, 2.24) is 19.4 Å². The molecule has 1 spiro atoms. The van der Waals surface area contributed by atoms with Crippen LogP contribution in [0.2, 0.25) is 0 Å². The molecule has 2 amide bonds. The highest BCUT2D eigenvalue weighted by molar-refractivity contribution is 5.92. The van der Waals surface area contributed by atoms with Crippen LogP contribution in [0.5, 0.6) is 0 Å². The number of aryl methyl sites for hydroxylation is 1. The average Bonchev–Trinajstić information content (AvgIpc) is 3.32. The van der Waals surface area contributed by atoms with Gasteiger partial charge in [0.2, 0.25) is 11.8 Å². The van der Waals surface area contributed by atoms with Crippen molar-refractivity contribution in [2.75, 3.05) is 33.4 Å². The van der Waals surface area contributed by atoms with E-state index >= 15 is 0 Å². The Morgan fingerprint density at radius 2 is 1.96 bits per heavy atom. The van der Waals surface area contributed by atoms with Gasteiger partial charge in [-0.25, -0.2) is 4.98 Å². The number of aromatic nitrogens is 2. The van der Waals surface area contributed by atoms with Gasteiger partial charge in [-0.3, -0.25) is 9.59 Å². The molecule has 150 valence electrons. The van der Waals surface area contributed by atoms with E-state index < -0.39 is 5.54 Å². The lowest BCUT2D eigenvalue weighted by molar-refractivity contribution is -0.155. The number of para-hydroxylation sites is 2. The number of amides is 2. The van der Waals surface area contributed by atoms with Crippen LogP contribution in [0.1, 0.15) is 32.1 Å². The van der Waals surface area contributed by atoms with Crippen LogP contribution in [0.25, 0.3) is 11.0 Å². The number of ether oxygens (including phenoxy) is 1. The Labute approximate surface area is 165 Å². The van der Waals surface area contributed by atoms with Crippen LogP contribution >= 0.6 is 0 Å². The number of likely N-dealkylation sites (tertiary alicyclic amines) is 2. The van der Waals surface area contributed by atoms with E-state index in [1.165, 1.54) is 0 Å². The Kier molecular flexibility index (Phi) is 5.35. The highest BCUT2D eigenvalue weighted by atomic mass is 16.5. The van der Waals surface area contributed by atoms with E-state index in [-0.39, 0.29) is 11.8 Å². The number of carbonyl (C=O) groups is 2. The fourth-order valence-corrected chi connectivity index (χ4v) is 4.74. The predicted molar refractivity (Wildman–Crippen MR) is 106 cm³/mol. The van der Waals surface area contributed by atoms with Crippen molar-refractivity contribution < 1.29 is 14.3 Å². The van der Waals surface area contributed by atoms with E-state index in [0.29, 0.717) is 32.7 Å². The van der Waals surface area contributed by atoms with Gasteiger partial charge in [-0.15, -0.1) is 0 Å². The Bertz CT molecular complexity index is 864. The summed E-state index contributed by atoms with van der Waals surface area (Å²) in [4.78, 5) is 34.5. The second-order valence-electron chi connectivity index (χ2n) is 7.75. The number of imidazole rings is 1. The molecule has 0 aliphatic carbocycles. The minimum absolute atomic E-state index is 0.0669. The number of carbonyl (C=O) groups excluding carboxylic acids is 2. The molecule has 2 aromatic rings. The molecule has 1 aromatic carbocycles. The summed E-state index contributed by atoms with van der Waals surface area (Å²) in [5.74, 6) is 0.173. The summed E-state index contributed by atoms with van der Waals surface area (Å²) < 4.78 is 7.17. The molecule has 2 aliphatic rings. The van der Waals surface area contributed by atoms with Crippen molar-refractivity contribution in [1.29, 1.82) is 0 Å². The quantitative estimate of drug-likeness (QED) is 0.765. The SMILES string of the molecule is COCCN1CCCC2(CCCN2C(=O)CCn2cnc3ccccc32)C1=O. The van der Waals surface area contributed by atoms with E-state index in [0.717, 1.165) is 43.3 Å². The molecular formula is C21H28N4O3. The molecule has 0 saturated carbocycles. The molecular weight excluding hydrogens is 356 g/mol. The van der Waals surface area contributed by atoms with E-state index in [4.69, 9.17) is 4.74 Å². The Hall–Kier alpha value is -2.41. The molecule has 7 nitrogen and oxygen atoms in total.